The molecule has 0 aromatic heterocycles. The van der Waals surface area contributed by atoms with Crippen molar-refractivity contribution in [3.8, 4) is 5.75 Å². The minimum atomic E-state index is -0.235. The molecule has 0 atom stereocenters. The van der Waals surface area contributed by atoms with Crippen LogP contribution in [0.5, 0.6) is 5.75 Å². The third-order valence-electron chi connectivity index (χ3n) is 3.08. The third-order valence-corrected chi connectivity index (χ3v) is 3.08. The Labute approximate surface area is 115 Å². The van der Waals surface area contributed by atoms with Crippen LogP contribution in [0.4, 0.5) is 11.4 Å². The molecule has 2 aromatic rings. The number of amides is 1. The van der Waals surface area contributed by atoms with Crippen LogP contribution in [0.25, 0.3) is 0 Å². The van der Waals surface area contributed by atoms with Gasteiger partial charge in [0.1, 0.15) is 5.75 Å². The van der Waals surface area contributed by atoms with E-state index in [0.717, 1.165) is 0 Å². The maximum atomic E-state index is 12.4. The van der Waals surface area contributed by atoms with Crippen LogP contribution in [0.2, 0.25) is 0 Å². The van der Waals surface area contributed by atoms with Gasteiger partial charge in [0.05, 0.1) is 5.69 Å². The summed E-state index contributed by atoms with van der Waals surface area (Å²) in [4.78, 5) is 23.7. The van der Waals surface area contributed by atoms with Gasteiger partial charge in [0.2, 0.25) is 0 Å². The van der Waals surface area contributed by atoms with Crippen molar-refractivity contribution in [3.63, 3.8) is 0 Å². The van der Waals surface area contributed by atoms with Gasteiger partial charge in [0.15, 0.2) is 12.4 Å². The summed E-state index contributed by atoms with van der Waals surface area (Å²) in [6.45, 7) is -0.00801. The van der Waals surface area contributed by atoms with Crippen molar-refractivity contribution in [1.82, 2.24) is 0 Å². The fourth-order valence-electron chi connectivity index (χ4n) is 2.08. The molecule has 0 aliphatic carbocycles. The van der Waals surface area contributed by atoms with Crippen molar-refractivity contribution in [2.75, 3.05) is 17.7 Å². The molecular formula is C15H12N2O3. The summed E-state index contributed by atoms with van der Waals surface area (Å²) >= 11 is 0. The van der Waals surface area contributed by atoms with Crippen molar-refractivity contribution < 1.29 is 14.3 Å². The van der Waals surface area contributed by atoms with Gasteiger partial charge in [0.25, 0.3) is 5.91 Å². The highest BCUT2D eigenvalue weighted by Crippen LogP contribution is 2.29. The predicted molar refractivity (Wildman–Crippen MR) is 74.9 cm³/mol. The minimum Gasteiger partial charge on any atom is -0.482 e. The first kappa shape index (κ1) is 12.2. The van der Waals surface area contributed by atoms with Crippen LogP contribution in [0.15, 0.2) is 42.5 Å². The van der Waals surface area contributed by atoms with E-state index in [1.807, 2.05) is 0 Å². The molecular weight excluding hydrogens is 256 g/mol. The lowest BCUT2D eigenvalue weighted by Gasteiger charge is -2.18. The molecule has 0 bridgehead atoms. The molecule has 0 spiro atoms. The molecule has 0 radical (unpaired) electrons. The molecule has 100 valence electrons. The number of hydrogen-bond donors (Lipinski definition) is 2. The number of nitrogens with two attached hydrogens (primary N) is 1. The number of ether oxygens (including phenoxy) is 1. The van der Waals surface area contributed by atoms with E-state index in [1.165, 1.54) is 0 Å². The van der Waals surface area contributed by atoms with Gasteiger partial charge in [0, 0.05) is 16.8 Å². The molecule has 0 fully saturated rings. The molecule has 0 unspecified atom stereocenters. The fraction of sp³-hybridized carbons (Fsp3) is 0.0667. The molecule has 1 aliphatic rings. The largest absolute Gasteiger partial charge is 0.482 e. The first-order valence-corrected chi connectivity index (χ1v) is 6.11. The maximum Gasteiger partial charge on any atom is 0.262 e. The molecule has 0 saturated carbocycles. The lowest BCUT2D eigenvalue weighted by Crippen LogP contribution is -2.25. The number of rotatable bonds is 2. The summed E-state index contributed by atoms with van der Waals surface area (Å²) in [6, 6.07) is 11.8. The van der Waals surface area contributed by atoms with Gasteiger partial charge in [-0.3, -0.25) is 9.59 Å². The highest BCUT2D eigenvalue weighted by Gasteiger charge is 2.19. The highest BCUT2D eigenvalue weighted by molar-refractivity contribution is 6.13. The third kappa shape index (κ3) is 2.09. The van der Waals surface area contributed by atoms with Crippen molar-refractivity contribution in [3.05, 3.63) is 53.6 Å². The number of benzene rings is 2. The SMILES string of the molecule is Nc1ccccc1C(=O)c1ccc2c(c1)NC(=O)CO2. The normalized spacial score (nSPS) is 13.1. The summed E-state index contributed by atoms with van der Waals surface area (Å²) in [6.07, 6.45) is 0. The van der Waals surface area contributed by atoms with Crippen LogP contribution in [-0.2, 0) is 4.79 Å². The van der Waals surface area contributed by atoms with Crippen LogP contribution < -0.4 is 15.8 Å². The van der Waals surface area contributed by atoms with E-state index in [0.29, 0.717) is 28.3 Å². The lowest BCUT2D eigenvalue weighted by molar-refractivity contribution is -0.118. The Hall–Kier alpha value is -2.82. The monoisotopic (exact) mass is 268 g/mol. The quantitative estimate of drug-likeness (QED) is 0.643. The summed E-state index contributed by atoms with van der Waals surface area (Å²) < 4.78 is 5.25. The van der Waals surface area contributed by atoms with E-state index in [1.54, 1.807) is 42.5 Å². The zero-order valence-electron chi connectivity index (χ0n) is 10.6. The van der Waals surface area contributed by atoms with Gasteiger partial charge in [-0.2, -0.15) is 0 Å². The first-order chi connectivity index (χ1) is 9.65. The summed E-state index contributed by atoms with van der Waals surface area (Å²) in [5.41, 5.74) is 7.62. The first-order valence-electron chi connectivity index (χ1n) is 6.11. The topological polar surface area (TPSA) is 81.4 Å². The summed E-state index contributed by atoms with van der Waals surface area (Å²) in [5, 5.41) is 2.67. The number of fused-ring (bicyclic) bond motifs is 1. The predicted octanol–water partition coefficient (Wildman–Crippen LogP) is 1.83. The van der Waals surface area contributed by atoms with Crippen LogP contribution >= 0.6 is 0 Å². The van der Waals surface area contributed by atoms with E-state index in [2.05, 4.69) is 5.32 Å². The van der Waals surface area contributed by atoms with E-state index < -0.39 is 0 Å². The number of carbonyl (C=O) groups is 2. The van der Waals surface area contributed by atoms with E-state index in [4.69, 9.17) is 10.5 Å². The Morgan fingerprint density at radius 1 is 1.20 bits per heavy atom. The standard InChI is InChI=1S/C15H12N2O3/c16-11-4-2-1-3-10(11)15(19)9-5-6-13-12(7-9)17-14(18)8-20-13/h1-7H,8,16H2,(H,17,18). The number of anilines is 2. The van der Waals surface area contributed by atoms with Gasteiger partial charge in [-0.15, -0.1) is 0 Å². The van der Waals surface area contributed by atoms with E-state index >= 15 is 0 Å². The van der Waals surface area contributed by atoms with Crippen LogP contribution in [0.1, 0.15) is 15.9 Å². The van der Waals surface area contributed by atoms with Crippen LogP contribution in [0, 0.1) is 0 Å². The molecule has 20 heavy (non-hydrogen) atoms. The second-order valence-corrected chi connectivity index (χ2v) is 4.46. The van der Waals surface area contributed by atoms with Crippen molar-refractivity contribution in [2.24, 2.45) is 0 Å². The Bertz CT molecular complexity index is 710. The molecule has 1 heterocycles. The zero-order chi connectivity index (χ0) is 14.1. The van der Waals surface area contributed by atoms with Gasteiger partial charge >= 0.3 is 0 Å². The van der Waals surface area contributed by atoms with Crippen LogP contribution in [0.3, 0.4) is 0 Å². The summed E-state index contributed by atoms with van der Waals surface area (Å²) in [5.74, 6) is 0.134. The maximum absolute atomic E-state index is 12.4. The molecule has 2 aromatic carbocycles. The van der Waals surface area contributed by atoms with Gasteiger partial charge in [-0.05, 0) is 30.3 Å². The molecule has 1 amide bonds. The average molecular weight is 268 g/mol. The average Bonchev–Trinajstić information content (AvgIpc) is 2.46. The van der Waals surface area contributed by atoms with Gasteiger partial charge < -0.3 is 15.8 Å². The Balaban J connectivity index is 1.99. The second kappa shape index (κ2) is 4.70. The zero-order valence-corrected chi connectivity index (χ0v) is 10.6. The smallest absolute Gasteiger partial charge is 0.262 e. The number of hydrogen-bond acceptors (Lipinski definition) is 4. The molecule has 3 rings (SSSR count). The molecule has 5 nitrogen and oxygen atoms in total. The number of para-hydroxylation sites is 1. The molecule has 5 heteroatoms. The van der Waals surface area contributed by atoms with E-state index in [9.17, 15) is 9.59 Å². The number of ketones is 1. The van der Waals surface area contributed by atoms with Gasteiger partial charge in [-0.1, -0.05) is 12.1 Å². The van der Waals surface area contributed by atoms with Gasteiger partial charge in [-0.25, -0.2) is 0 Å². The van der Waals surface area contributed by atoms with E-state index in [-0.39, 0.29) is 18.3 Å². The van der Waals surface area contributed by atoms with Crippen molar-refractivity contribution in [2.45, 2.75) is 0 Å². The highest BCUT2D eigenvalue weighted by atomic mass is 16.5. The second-order valence-electron chi connectivity index (χ2n) is 4.46. The molecule has 1 aliphatic heterocycles. The van der Waals surface area contributed by atoms with Crippen molar-refractivity contribution in [1.29, 1.82) is 0 Å². The Kier molecular flexibility index (Phi) is 2.87. The van der Waals surface area contributed by atoms with Crippen molar-refractivity contribution >= 4 is 23.1 Å². The Morgan fingerprint density at radius 2 is 2.00 bits per heavy atom. The fourth-order valence-corrected chi connectivity index (χ4v) is 2.08. The summed E-state index contributed by atoms with van der Waals surface area (Å²) in [7, 11) is 0. The number of nitrogen functional groups attached to an aromatic ring is 1. The Morgan fingerprint density at radius 3 is 2.80 bits per heavy atom. The minimum absolute atomic E-state index is 0.00801. The lowest BCUT2D eigenvalue weighted by atomic mass is 10.0. The van der Waals surface area contributed by atoms with Crippen LogP contribution in [-0.4, -0.2) is 18.3 Å². The number of nitrogens with one attached hydrogen (secondary N) is 1. The number of carbonyl (C=O) groups excluding carboxylic acids is 2. The molecule has 3 N–H and O–H groups in total. The molecule has 0 saturated heterocycles.